The summed E-state index contributed by atoms with van der Waals surface area (Å²) in [5, 5.41) is 2.73. The molecule has 0 bridgehead atoms. The summed E-state index contributed by atoms with van der Waals surface area (Å²) in [6.45, 7) is 0.210. The molecule has 0 unspecified atom stereocenters. The molecule has 0 aliphatic heterocycles. The van der Waals surface area contributed by atoms with Gasteiger partial charge in [-0.05, 0) is 60.2 Å². The fourth-order valence-corrected chi connectivity index (χ4v) is 3.94. The first kappa shape index (κ1) is 22.8. The van der Waals surface area contributed by atoms with Crippen molar-refractivity contribution in [3.63, 3.8) is 0 Å². The lowest BCUT2D eigenvalue weighted by molar-refractivity contribution is 0.0600. The molecular formula is C23H22N2O6S. The van der Waals surface area contributed by atoms with E-state index in [2.05, 4.69) is 14.8 Å². The van der Waals surface area contributed by atoms with E-state index in [9.17, 15) is 18.0 Å². The van der Waals surface area contributed by atoms with Gasteiger partial charge in [0.15, 0.2) is 0 Å². The Morgan fingerprint density at radius 2 is 1.56 bits per heavy atom. The van der Waals surface area contributed by atoms with Crippen LogP contribution in [0.2, 0.25) is 0 Å². The van der Waals surface area contributed by atoms with Crippen molar-refractivity contribution in [1.29, 1.82) is 0 Å². The van der Waals surface area contributed by atoms with Gasteiger partial charge in [0.1, 0.15) is 5.75 Å². The first-order valence-electron chi connectivity index (χ1n) is 9.55. The number of rotatable bonds is 8. The first-order chi connectivity index (χ1) is 15.3. The number of carbonyl (C=O) groups excluding carboxylic acids is 2. The Morgan fingerprint density at radius 3 is 2.19 bits per heavy atom. The molecule has 0 radical (unpaired) electrons. The number of sulfonamides is 1. The number of amides is 1. The number of ether oxygens (including phenoxy) is 2. The summed E-state index contributed by atoms with van der Waals surface area (Å²) < 4.78 is 37.6. The minimum Gasteiger partial charge on any atom is -0.497 e. The third-order valence-corrected chi connectivity index (χ3v) is 5.96. The topological polar surface area (TPSA) is 111 Å². The lowest BCUT2D eigenvalue weighted by Crippen LogP contribution is -2.23. The molecule has 3 aromatic rings. The predicted molar refractivity (Wildman–Crippen MR) is 119 cm³/mol. The first-order valence-corrected chi connectivity index (χ1v) is 11.0. The Labute approximate surface area is 186 Å². The smallest absolute Gasteiger partial charge is 0.337 e. The van der Waals surface area contributed by atoms with Crippen molar-refractivity contribution in [1.82, 2.24) is 5.32 Å². The number of carbonyl (C=O) groups is 2. The zero-order chi connectivity index (χ0) is 23.1. The van der Waals surface area contributed by atoms with E-state index in [-0.39, 0.29) is 17.0 Å². The molecular weight excluding hydrogens is 432 g/mol. The van der Waals surface area contributed by atoms with E-state index in [0.717, 1.165) is 5.56 Å². The van der Waals surface area contributed by atoms with Gasteiger partial charge in [-0.3, -0.25) is 9.52 Å². The van der Waals surface area contributed by atoms with Crippen LogP contribution in [0, 0.1) is 0 Å². The largest absolute Gasteiger partial charge is 0.497 e. The second-order valence-corrected chi connectivity index (χ2v) is 8.42. The van der Waals surface area contributed by atoms with Crippen LogP contribution in [-0.4, -0.2) is 34.5 Å². The molecule has 0 saturated carbocycles. The number of methoxy groups -OCH3 is 2. The normalized spacial score (nSPS) is 10.8. The maximum Gasteiger partial charge on any atom is 0.337 e. The monoisotopic (exact) mass is 454 g/mol. The average Bonchev–Trinajstić information content (AvgIpc) is 2.82. The van der Waals surface area contributed by atoms with Crippen molar-refractivity contribution in [2.45, 2.75) is 11.4 Å². The van der Waals surface area contributed by atoms with Crippen LogP contribution in [-0.2, 0) is 21.3 Å². The summed E-state index contributed by atoms with van der Waals surface area (Å²) in [4.78, 5) is 24.0. The summed E-state index contributed by atoms with van der Waals surface area (Å²) in [5.74, 6) is -0.267. The zero-order valence-electron chi connectivity index (χ0n) is 17.5. The maximum absolute atomic E-state index is 12.7. The van der Waals surface area contributed by atoms with Gasteiger partial charge in [-0.25, -0.2) is 13.2 Å². The van der Waals surface area contributed by atoms with Crippen LogP contribution in [0.25, 0.3) is 0 Å². The maximum atomic E-state index is 12.7. The molecule has 0 saturated heterocycles. The third kappa shape index (κ3) is 5.64. The van der Waals surface area contributed by atoms with E-state index in [0.29, 0.717) is 17.0 Å². The minimum atomic E-state index is -3.89. The average molecular weight is 455 g/mol. The number of hydrogen-bond acceptors (Lipinski definition) is 6. The summed E-state index contributed by atoms with van der Waals surface area (Å²) in [5.41, 5.74) is 1.76. The molecule has 3 aromatic carbocycles. The van der Waals surface area contributed by atoms with Crippen LogP contribution in [0.3, 0.4) is 0 Å². The molecule has 2 N–H and O–H groups in total. The molecule has 0 spiro atoms. The van der Waals surface area contributed by atoms with Gasteiger partial charge in [-0.15, -0.1) is 0 Å². The minimum absolute atomic E-state index is 0.0385. The van der Waals surface area contributed by atoms with Gasteiger partial charge in [0.2, 0.25) is 0 Å². The Morgan fingerprint density at radius 1 is 0.875 bits per heavy atom. The molecule has 0 aliphatic rings. The Bertz CT molecular complexity index is 1210. The second-order valence-electron chi connectivity index (χ2n) is 6.73. The molecule has 0 aromatic heterocycles. The van der Waals surface area contributed by atoms with Gasteiger partial charge in [-0.2, -0.15) is 0 Å². The SMILES string of the molecule is COC(=O)c1ccc(CNC(=O)c2cccc(S(=O)(=O)Nc3ccc(OC)cc3)c2)cc1. The van der Waals surface area contributed by atoms with Gasteiger partial charge in [0.05, 0.1) is 24.7 Å². The molecule has 32 heavy (non-hydrogen) atoms. The van der Waals surface area contributed by atoms with Gasteiger partial charge in [0, 0.05) is 17.8 Å². The highest BCUT2D eigenvalue weighted by Crippen LogP contribution is 2.20. The van der Waals surface area contributed by atoms with Gasteiger partial charge < -0.3 is 14.8 Å². The van der Waals surface area contributed by atoms with Crippen molar-refractivity contribution < 1.29 is 27.5 Å². The van der Waals surface area contributed by atoms with E-state index in [1.54, 1.807) is 48.5 Å². The third-order valence-electron chi connectivity index (χ3n) is 4.58. The van der Waals surface area contributed by atoms with E-state index in [1.165, 1.54) is 38.5 Å². The second kappa shape index (κ2) is 9.97. The summed E-state index contributed by atoms with van der Waals surface area (Å²) in [7, 11) is -1.06. The Kier molecular flexibility index (Phi) is 7.11. The summed E-state index contributed by atoms with van der Waals surface area (Å²) >= 11 is 0. The van der Waals surface area contributed by atoms with E-state index >= 15 is 0 Å². The molecule has 0 heterocycles. The highest BCUT2D eigenvalue weighted by molar-refractivity contribution is 7.92. The Balaban J connectivity index is 1.67. The van der Waals surface area contributed by atoms with E-state index in [4.69, 9.17) is 4.74 Å². The van der Waals surface area contributed by atoms with Crippen LogP contribution in [0.4, 0.5) is 5.69 Å². The standard InChI is InChI=1S/C23H22N2O6S/c1-30-20-12-10-19(11-13-20)25-32(28,29)21-5-3-4-18(14-21)22(26)24-15-16-6-8-17(9-7-16)23(27)31-2/h3-14,25H,15H2,1-2H3,(H,24,26). The molecule has 9 heteroatoms. The predicted octanol–water partition coefficient (Wildman–Crippen LogP) is 3.21. The molecule has 3 rings (SSSR count). The zero-order valence-corrected chi connectivity index (χ0v) is 18.3. The Hall–Kier alpha value is -3.85. The summed E-state index contributed by atoms with van der Waals surface area (Å²) in [6, 6.07) is 18.8. The highest BCUT2D eigenvalue weighted by Gasteiger charge is 2.17. The molecule has 0 aliphatic carbocycles. The fourth-order valence-electron chi connectivity index (χ4n) is 2.84. The van der Waals surface area contributed by atoms with Gasteiger partial charge in [-0.1, -0.05) is 18.2 Å². The van der Waals surface area contributed by atoms with Crippen molar-refractivity contribution in [3.8, 4) is 5.75 Å². The van der Waals surface area contributed by atoms with E-state index < -0.39 is 21.9 Å². The van der Waals surface area contributed by atoms with Crippen molar-refractivity contribution in [2.75, 3.05) is 18.9 Å². The van der Waals surface area contributed by atoms with Crippen LogP contribution in [0.15, 0.2) is 77.7 Å². The number of esters is 1. The van der Waals surface area contributed by atoms with Crippen molar-refractivity contribution in [3.05, 3.63) is 89.5 Å². The lowest BCUT2D eigenvalue weighted by atomic mass is 10.1. The van der Waals surface area contributed by atoms with Crippen molar-refractivity contribution >= 4 is 27.6 Å². The molecule has 166 valence electrons. The fraction of sp³-hybridized carbons (Fsp3) is 0.130. The number of hydrogen-bond donors (Lipinski definition) is 2. The quantitative estimate of drug-likeness (QED) is 0.506. The number of benzene rings is 3. The molecule has 8 nitrogen and oxygen atoms in total. The van der Waals surface area contributed by atoms with E-state index in [1.807, 2.05) is 0 Å². The molecule has 1 amide bonds. The lowest BCUT2D eigenvalue weighted by Gasteiger charge is -2.10. The van der Waals surface area contributed by atoms with Crippen LogP contribution >= 0.6 is 0 Å². The number of anilines is 1. The van der Waals surface area contributed by atoms with Crippen molar-refractivity contribution in [2.24, 2.45) is 0 Å². The van der Waals surface area contributed by atoms with Gasteiger partial charge >= 0.3 is 5.97 Å². The van der Waals surface area contributed by atoms with Gasteiger partial charge in [0.25, 0.3) is 15.9 Å². The molecule has 0 fully saturated rings. The molecule has 0 atom stereocenters. The number of nitrogens with one attached hydrogen (secondary N) is 2. The van der Waals surface area contributed by atoms with Crippen LogP contribution in [0.1, 0.15) is 26.3 Å². The van der Waals surface area contributed by atoms with Crippen LogP contribution < -0.4 is 14.8 Å². The van der Waals surface area contributed by atoms with Crippen LogP contribution in [0.5, 0.6) is 5.75 Å². The summed E-state index contributed by atoms with van der Waals surface area (Å²) in [6.07, 6.45) is 0. The highest BCUT2D eigenvalue weighted by atomic mass is 32.2.